The second-order valence-corrected chi connectivity index (χ2v) is 5.05. The Bertz CT molecular complexity index is 399. The molecule has 1 aliphatic heterocycles. The van der Waals surface area contributed by atoms with Crippen LogP contribution >= 0.6 is 11.6 Å². The van der Waals surface area contributed by atoms with E-state index in [0.29, 0.717) is 12.0 Å². The molecule has 2 nitrogen and oxygen atoms in total. The van der Waals surface area contributed by atoms with E-state index in [1.807, 2.05) is 6.92 Å². The highest BCUT2D eigenvalue weighted by molar-refractivity contribution is 6.30. The third kappa shape index (κ3) is 2.97. The van der Waals surface area contributed by atoms with Crippen LogP contribution < -0.4 is 5.73 Å². The molecular weight excluding hydrogens is 241 g/mol. The van der Waals surface area contributed by atoms with Gasteiger partial charge in [-0.15, -0.1) is 0 Å². The number of benzene rings is 1. The second-order valence-electron chi connectivity index (χ2n) is 4.64. The minimum absolute atomic E-state index is 0.0309. The van der Waals surface area contributed by atoms with Crippen LogP contribution in [0.1, 0.15) is 25.3 Å². The molecule has 1 heterocycles. The van der Waals surface area contributed by atoms with Crippen molar-refractivity contribution in [3.8, 4) is 0 Å². The predicted octanol–water partition coefficient (Wildman–Crippen LogP) is 2.92. The molecule has 0 bridgehead atoms. The molecule has 1 aromatic carbocycles. The van der Waals surface area contributed by atoms with E-state index in [4.69, 9.17) is 22.1 Å². The lowest BCUT2D eigenvalue weighted by Gasteiger charge is -2.19. The minimum atomic E-state index is -0.365. The SMILES string of the molecule is CC1CCC(C(N)Cc2cccc(Cl)c2F)O1. The zero-order valence-corrected chi connectivity index (χ0v) is 10.6. The Balaban J connectivity index is 2.03. The third-order valence-electron chi connectivity index (χ3n) is 3.23. The van der Waals surface area contributed by atoms with Gasteiger partial charge in [-0.05, 0) is 37.8 Å². The minimum Gasteiger partial charge on any atom is -0.374 e. The van der Waals surface area contributed by atoms with Crippen molar-refractivity contribution in [2.24, 2.45) is 5.73 Å². The maximum Gasteiger partial charge on any atom is 0.145 e. The summed E-state index contributed by atoms with van der Waals surface area (Å²) in [5.74, 6) is -0.365. The summed E-state index contributed by atoms with van der Waals surface area (Å²) in [6, 6.07) is 4.83. The molecule has 0 saturated carbocycles. The van der Waals surface area contributed by atoms with E-state index < -0.39 is 0 Å². The van der Waals surface area contributed by atoms with Gasteiger partial charge < -0.3 is 10.5 Å². The molecule has 1 aromatic rings. The number of hydrogen-bond acceptors (Lipinski definition) is 2. The first-order valence-corrected chi connectivity index (χ1v) is 6.29. The number of nitrogens with two attached hydrogens (primary N) is 1. The number of ether oxygens (including phenoxy) is 1. The van der Waals surface area contributed by atoms with E-state index in [0.717, 1.165) is 12.8 Å². The Labute approximate surface area is 106 Å². The highest BCUT2D eigenvalue weighted by atomic mass is 35.5. The van der Waals surface area contributed by atoms with Crippen molar-refractivity contribution >= 4 is 11.6 Å². The molecule has 1 aliphatic rings. The molecule has 0 aromatic heterocycles. The lowest BCUT2D eigenvalue weighted by atomic mass is 10.00. The molecule has 3 unspecified atom stereocenters. The van der Waals surface area contributed by atoms with E-state index in [1.165, 1.54) is 0 Å². The Morgan fingerprint density at radius 2 is 2.29 bits per heavy atom. The van der Waals surface area contributed by atoms with Crippen LogP contribution in [-0.2, 0) is 11.2 Å². The lowest BCUT2D eigenvalue weighted by molar-refractivity contribution is 0.0403. The normalized spacial score (nSPS) is 26.1. The van der Waals surface area contributed by atoms with Crippen LogP contribution in [0.25, 0.3) is 0 Å². The van der Waals surface area contributed by atoms with Crippen LogP contribution in [-0.4, -0.2) is 18.2 Å². The average molecular weight is 258 g/mol. The molecule has 2 rings (SSSR count). The van der Waals surface area contributed by atoms with Crippen LogP contribution in [0, 0.1) is 5.82 Å². The first kappa shape index (κ1) is 12.8. The van der Waals surface area contributed by atoms with Gasteiger partial charge in [0.2, 0.25) is 0 Å². The van der Waals surface area contributed by atoms with E-state index >= 15 is 0 Å². The highest BCUT2D eigenvalue weighted by Crippen LogP contribution is 2.24. The van der Waals surface area contributed by atoms with Crippen molar-refractivity contribution in [1.82, 2.24) is 0 Å². The van der Waals surface area contributed by atoms with Crippen LogP contribution in [0.5, 0.6) is 0 Å². The van der Waals surface area contributed by atoms with Crippen LogP contribution in [0.2, 0.25) is 5.02 Å². The summed E-state index contributed by atoms with van der Waals surface area (Å²) in [5, 5.41) is 0.149. The summed E-state index contributed by atoms with van der Waals surface area (Å²) in [7, 11) is 0. The molecule has 3 atom stereocenters. The van der Waals surface area contributed by atoms with Gasteiger partial charge in [0.25, 0.3) is 0 Å². The van der Waals surface area contributed by atoms with Gasteiger partial charge in [0.15, 0.2) is 0 Å². The van der Waals surface area contributed by atoms with Gasteiger partial charge in [-0.25, -0.2) is 4.39 Å². The molecule has 4 heteroatoms. The van der Waals surface area contributed by atoms with Gasteiger partial charge in [0.05, 0.1) is 17.2 Å². The molecule has 17 heavy (non-hydrogen) atoms. The Morgan fingerprint density at radius 3 is 2.94 bits per heavy atom. The largest absolute Gasteiger partial charge is 0.374 e. The van der Waals surface area contributed by atoms with Gasteiger partial charge in [-0.3, -0.25) is 0 Å². The summed E-state index contributed by atoms with van der Waals surface area (Å²) < 4.78 is 19.4. The quantitative estimate of drug-likeness (QED) is 0.904. The fraction of sp³-hybridized carbons (Fsp3) is 0.538. The third-order valence-corrected chi connectivity index (χ3v) is 3.52. The maximum absolute atomic E-state index is 13.7. The summed E-state index contributed by atoms with van der Waals surface area (Å²) in [6.45, 7) is 2.03. The number of rotatable bonds is 3. The molecule has 1 fully saturated rings. The van der Waals surface area contributed by atoms with E-state index in [-0.39, 0.29) is 29.1 Å². The predicted molar refractivity (Wildman–Crippen MR) is 66.7 cm³/mol. The summed E-state index contributed by atoms with van der Waals surface area (Å²) in [4.78, 5) is 0. The molecule has 0 radical (unpaired) electrons. The van der Waals surface area contributed by atoms with Crippen molar-refractivity contribution in [1.29, 1.82) is 0 Å². The topological polar surface area (TPSA) is 35.2 Å². The van der Waals surface area contributed by atoms with Gasteiger partial charge >= 0.3 is 0 Å². The summed E-state index contributed by atoms with van der Waals surface area (Å²) >= 11 is 5.73. The molecular formula is C13H17ClFNO. The summed E-state index contributed by atoms with van der Waals surface area (Å²) in [5.41, 5.74) is 6.62. The number of halogens is 2. The number of hydrogen-bond donors (Lipinski definition) is 1. The Kier molecular flexibility index (Phi) is 4.02. The van der Waals surface area contributed by atoms with Crippen molar-refractivity contribution in [2.75, 3.05) is 0 Å². The first-order valence-electron chi connectivity index (χ1n) is 5.92. The molecule has 1 saturated heterocycles. The molecule has 0 spiro atoms. The fourth-order valence-corrected chi connectivity index (χ4v) is 2.43. The van der Waals surface area contributed by atoms with Gasteiger partial charge in [-0.2, -0.15) is 0 Å². The maximum atomic E-state index is 13.7. The van der Waals surface area contributed by atoms with Gasteiger partial charge in [0.1, 0.15) is 5.82 Å². The standard InChI is InChI=1S/C13H17ClFNO/c1-8-5-6-12(17-8)11(16)7-9-3-2-4-10(14)13(9)15/h2-4,8,11-12H,5-7,16H2,1H3. The molecule has 0 amide bonds. The molecule has 2 N–H and O–H groups in total. The lowest BCUT2D eigenvalue weighted by Crippen LogP contribution is -2.36. The Morgan fingerprint density at radius 1 is 1.53 bits per heavy atom. The smallest absolute Gasteiger partial charge is 0.145 e. The van der Waals surface area contributed by atoms with Crippen LogP contribution in [0.3, 0.4) is 0 Å². The van der Waals surface area contributed by atoms with E-state index in [1.54, 1.807) is 18.2 Å². The monoisotopic (exact) mass is 257 g/mol. The van der Waals surface area contributed by atoms with Crippen LogP contribution in [0.15, 0.2) is 18.2 Å². The molecule has 94 valence electrons. The fourth-order valence-electron chi connectivity index (χ4n) is 2.24. The van der Waals surface area contributed by atoms with Crippen LogP contribution in [0.4, 0.5) is 4.39 Å². The van der Waals surface area contributed by atoms with Gasteiger partial charge in [0, 0.05) is 6.04 Å². The van der Waals surface area contributed by atoms with Gasteiger partial charge in [-0.1, -0.05) is 23.7 Å². The van der Waals surface area contributed by atoms with Crippen molar-refractivity contribution in [3.05, 3.63) is 34.6 Å². The first-order chi connectivity index (χ1) is 8.08. The Hall–Kier alpha value is -0.640. The highest BCUT2D eigenvalue weighted by Gasteiger charge is 2.27. The van der Waals surface area contributed by atoms with Crippen molar-refractivity contribution < 1.29 is 9.13 Å². The zero-order valence-electron chi connectivity index (χ0n) is 9.83. The average Bonchev–Trinajstić information content (AvgIpc) is 2.72. The zero-order chi connectivity index (χ0) is 12.4. The second kappa shape index (κ2) is 5.34. The van der Waals surface area contributed by atoms with E-state index in [9.17, 15) is 4.39 Å². The van der Waals surface area contributed by atoms with E-state index in [2.05, 4.69) is 0 Å². The molecule has 0 aliphatic carbocycles. The van der Waals surface area contributed by atoms with Crippen molar-refractivity contribution in [2.45, 2.75) is 44.4 Å². The summed E-state index contributed by atoms with van der Waals surface area (Å²) in [6.07, 6.45) is 2.73. The van der Waals surface area contributed by atoms with Crippen molar-refractivity contribution in [3.63, 3.8) is 0 Å².